The number of nitrogens with zero attached hydrogens (tertiary/aromatic N) is 5. The average molecular weight is 993 g/mol. The second-order valence-electron chi connectivity index (χ2n) is 21.6. The Kier molecular flexibility index (Phi) is 9.42. The molecule has 0 unspecified atom stereocenters. The molecule has 0 radical (unpaired) electrons. The smallest absolute Gasteiger partial charge is 0.269 e. The fraction of sp³-hybridized carbons (Fsp3) is 0.143. The highest BCUT2D eigenvalue weighted by atomic mass is 16.5. The van der Waals surface area contributed by atoms with E-state index >= 15 is 0 Å². The SMILES string of the molecule is [2H]c1c([2H])c([2H])c(-c2cccc(-c3cc(C(C)(C)C)cc(C(C)(C)C)c3)c2-[n+]2[c-]n(-c3cccc(Oc4ccc5c6cc(-n7c8ccccc8c8ccccc87)ccc6n(-c6cc(C([2H])([2H])C)ccn6)c5c4)c3)c3ccccc32)c([2H])c1[2H]. The normalized spacial score (nSPS) is 13.7. The number of hydrogen-bond donors (Lipinski definition) is 0. The predicted molar refractivity (Wildman–Crippen MR) is 314 cm³/mol. The summed E-state index contributed by atoms with van der Waals surface area (Å²) in [6.45, 7) is 14.8. The van der Waals surface area contributed by atoms with Crippen molar-refractivity contribution in [2.75, 3.05) is 0 Å². The number of benzene rings is 9. The van der Waals surface area contributed by atoms with Crippen molar-refractivity contribution in [1.82, 2.24) is 18.7 Å². The first-order valence-corrected chi connectivity index (χ1v) is 25.8. The van der Waals surface area contributed by atoms with Crippen molar-refractivity contribution in [2.24, 2.45) is 0 Å². The van der Waals surface area contributed by atoms with Gasteiger partial charge in [0.1, 0.15) is 17.3 Å². The van der Waals surface area contributed by atoms with Gasteiger partial charge in [-0.25, -0.2) is 4.98 Å². The fourth-order valence-corrected chi connectivity index (χ4v) is 10.8. The maximum Gasteiger partial charge on any atom is 0.269 e. The van der Waals surface area contributed by atoms with Gasteiger partial charge in [0.15, 0.2) is 0 Å². The van der Waals surface area contributed by atoms with E-state index in [9.17, 15) is 2.74 Å². The van der Waals surface area contributed by atoms with Gasteiger partial charge >= 0.3 is 0 Å². The van der Waals surface area contributed by atoms with Gasteiger partial charge in [0.05, 0.1) is 51.3 Å². The van der Waals surface area contributed by atoms with Gasteiger partial charge < -0.3 is 9.30 Å². The van der Waals surface area contributed by atoms with Crippen LogP contribution in [0.25, 0.3) is 99.8 Å². The molecule has 0 bridgehead atoms. The van der Waals surface area contributed by atoms with Crippen molar-refractivity contribution in [3.63, 3.8) is 0 Å². The number of hydrogen-bond acceptors (Lipinski definition) is 2. The molecule has 9 aromatic carbocycles. The molecule has 13 aromatic rings. The van der Waals surface area contributed by atoms with Crippen LogP contribution < -0.4 is 9.30 Å². The summed E-state index contributed by atoms with van der Waals surface area (Å²) < 4.78 is 77.1. The molecule has 6 heteroatoms. The maximum atomic E-state index is 9.27. The molecule has 0 saturated heterocycles. The number of aryl methyl sites for hydroxylation is 1. The minimum Gasteiger partial charge on any atom is -0.458 e. The maximum absolute atomic E-state index is 9.27. The third-order valence-corrected chi connectivity index (χ3v) is 14.7. The number of aromatic nitrogens is 5. The molecule has 4 heterocycles. The van der Waals surface area contributed by atoms with Crippen molar-refractivity contribution in [1.29, 1.82) is 0 Å². The molecule has 0 aliphatic carbocycles. The fourth-order valence-electron chi connectivity index (χ4n) is 10.8. The summed E-state index contributed by atoms with van der Waals surface area (Å²) in [4.78, 5) is 4.85. The Bertz CT molecular complexity index is 4690. The van der Waals surface area contributed by atoms with E-state index in [4.69, 9.17) is 16.6 Å². The van der Waals surface area contributed by atoms with Gasteiger partial charge in [-0.15, -0.1) is 0 Å². The standard InChI is InChI=1S/C70H59N5O/c1-8-46-36-37-71-67(38-46)75-63-35-32-52(74-61-28-14-12-24-57(61)58-25-13-15-29-62(58)74)43-60(63)59-34-33-54(44-66(59)75)76-53-23-18-22-51(42-53)72-45-73(65-31-17-16-30-64(65)72)68-55(47-20-10-9-11-21-47)26-19-27-56(68)48-39-49(69(2,3)4)41-50(40-48)70(5,6)7/h9-44H,8H2,1-7H3/i8D2,9D,10D,11D,20D,21D. The molecular formula is C70H59N5O. The summed E-state index contributed by atoms with van der Waals surface area (Å²) in [5.74, 6) is 1.71. The summed E-state index contributed by atoms with van der Waals surface area (Å²) in [5.41, 5.74) is 12.6. The van der Waals surface area contributed by atoms with E-state index in [0.717, 1.165) is 77.5 Å². The molecular weight excluding hydrogens is 927 g/mol. The number of ether oxygens (including phenoxy) is 1. The van der Waals surface area contributed by atoms with Crippen LogP contribution in [0.5, 0.6) is 11.5 Å². The van der Waals surface area contributed by atoms with E-state index < -0.39 is 24.5 Å². The van der Waals surface area contributed by atoms with Crippen molar-refractivity contribution in [2.45, 2.75) is 65.7 Å². The van der Waals surface area contributed by atoms with Crippen LogP contribution in [0.3, 0.4) is 0 Å². The number of para-hydroxylation sites is 5. The summed E-state index contributed by atoms with van der Waals surface area (Å²) in [5, 5.41) is 4.31. The third-order valence-electron chi connectivity index (χ3n) is 14.7. The van der Waals surface area contributed by atoms with Crippen LogP contribution in [0.4, 0.5) is 0 Å². The Labute approximate surface area is 454 Å². The number of fused-ring (bicyclic) bond motifs is 7. The van der Waals surface area contributed by atoms with Crippen LogP contribution in [0.15, 0.2) is 218 Å². The lowest BCUT2D eigenvalue weighted by molar-refractivity contribution is -0.571. The van der Waals surface area contributed by atoms with Crippen molar-refractivity contribution < 1.29 is 18.9 Å². The molecule has 13 rings (SSSR count). The van der Waals surface area contributed by atoms with Gasteiger partial charge in [0.25, 0.3) is 6.33 Å². The number of rotatable bonds is 9. The van der Waals surface area contributed by atoms with E-state index in [-0.39, 0.29) is 28.5 Å². The molecule has 0 saturated carbocycles. The van der Waals surface area contributed by atoms with Crippen LogP contribution in [0.2, 0.25) is 0 Å². The molecule has 0 amide bonds. The highest BCUT2D eigenvalue weighted by Crippen LogP contribution is 2.41. The topological polar surface area (TPSA) is 40.8 Å². The van der Waals surface area contributed by atoms with E-state index in [1.54, 1.807) is 19.2 Å². The average Bonchev–Trinajstić information content (AvgIpc) is 3.50. The Morgan fingerprint density at radius 3 is 1.87 bits per heavy atom. The van der Waals surface area contributed by atoms with E-state index in [1.165, 1.54) is 10.8 Å². The minimum absolute atomic E-state index is 0.0957. The highest BCUT2D eigenvalue weighted by Gasteiger charge is 2.25. The van der Waals surface area contributed by atoms with Crippen LogP contribution in [-0.4, -0.2) is 18.7 Å². The predicted octanol–water partition coefficient (Wildman–Crippen LogP) is 17.6. The minimum atomic E-state index is -1.61. The van der Waals surface area contributed by atoms with Gasteiger partial charge in [0, 0.05) is 42.2 Å². The monoisotopic (exact) mass is 993 g/mol. The zero-order chi connectivity index (χ0) is 58.0. The molecule has 4 aromatic heterocycles. The zero-order valence-corrected chi connectivity index (χ0v) is 43.5. The summed E-state index contributed by atoms with van der Waals surface area (Å²) >= 11 is 0. The first kappa shape index (κ1) is 39.5. The summed E-state index contributed by atoms with van der Waals surface area (Å²) in [6, 6.07) is 59.4. The van der Waals surface area contributed by atoms with Crippen LogP contribution >= 0.6 is 0 Å². The molecule has 0 aliphatic heterocycles. The summed E-state index contributed by atoms with van der Waals surface area (Å²) in [7, 11) is 0. The highest BCUT2D eigenvalue weighted by molar-refractivity contribution is 6.12. The second-order valence-corrected chi connectivity index (χ2v) is 21.6. The molecule has 0 aliphatic rings. The third kappa shape index (κ3) is 8.04. The van der Waals surface area contributed by atoms with Crippen LogP contribution in [0, 0.1) is 6.33 Å². The number of imidazole rings is 1. The second kappa shape index (κ2) is 18.1. The lowest BCUT2D eigenvalue weighted by Crippen LogP contribution is -2.31. The summed E-state index contributed by atoms with van der Waals surface area (Å²) in [6.07, 6.45) is 3.76. The van der Waals surface area contributed by atoms with Crippen molar-refractivity contribution in [3.05, 3.63) is 241 Å². The quantitative estimate of drug-likeness (QED) is 0.107. The lowest BCUT2D eigenvalue weighted by Gasteiger charge is -2.27. The van der Waals surface area contributed by atoms with Gasteiger partial charge in [-0.3, -0.25) is 13.7 Å². The first-order chi connectivity index (χ1) is 39.6. The molecule has 0 fully saturated rings. The largest absolute Gasteiger partial charge is 0.458 e. The van der Waals surface area contributed by atoms with Crippen molar-refractivity contribution in [3.8, 4) is 56.6 Å². The first-order valence-electron chi connectivity index (χ1n) is 29.3. The molecule has 0 N–H and O–H groups in total. The van der Waals surface area contributed by atoms with Gasteiger partial charge in [-0.05, 0) is 129 Å². The number of pyridine rings is 1. The Balaban J connectivity index is 0.967. The Hall–Kier alpha value is -9.00. The van der Waals surface area contributed by atoms with Crippen LogP contribution in [0.1, 0.15) is 74.8 Å². The molecule has 6 nitrogen and oxygen atoms in total. The van der Waals surface area contributed by atoms with Gasteiger partial charge in [-0.2, -0.15) is 0 Å². The van der Waals surface area contributed by atoms with E-state index in [2.05, 4.69) is 148 Å². The zero-order valence-electron chi connectivity index (χ0n) is 50.5. The lowest BCUT2D eigenvalue weighted by atomic mass is 9.78. The molecule has 370 valence electrons. The Morgan fingerprint density at radius 1 is 0.526 bits per heavy atom. The van der Waals surface area contributed by atoms with Gasteiger partial charge in [-0.1, -0.05) is 182 Å². The van der Waals surface area contributed by atoms with Crippen LogP contribution in [-0.2, 0) is 17.2 Å². The molecule has 76 heavy (non-hydrogen) atoms. The Morgan fingerprint density at radius 2 is 1.16 bits per heavy atom. The molecule has 0 spiro atoms. The van der Waals surface area contributed by atoms with E-state index in [1.807, 2.05) is 94.1 Å². The van der Waals surface area contributed by atoms with Gasteiger partial charge in [0.2, 0.25) is 0 Å². The van der Waals surface area contributed by atoms with E-state index in [0.29, 0.717) is 34.1 Å². The van der Waals surface area contributed by atoms with Crippen molar-refractivity contribution >= 4 is 54.6 Å². The molecule has 0 atom stereocenters.